The van der Waals surface area contributed by atoms with Gasteiger partial charge in [-0.1, -0.05) is 41.4 Å². The van der Waals surface area contributed by atoms with Crippen molar-refractivity contribution >= 4 is 63.3 Å². The number of ether oxygens (including phenoxy) is 1. The number of carbonyl (C=O) groups is 2. The van der Waals surface area contributed by atoms with E-state index in [1.807, 2.05) is 36.4 Å². The van der Waals surface area contributed by atoms with Gasteiger partial charge >= 0.3 is 0 Å². The van der Waals surface area contributed by atoms with Gasteiger partial charge in [0.05, 0.1) is 12.0 Å². The number of benzene rings is 3. The van der Waals surface area contributed by atoms with Gasteiger partial charge < -0.3 is 20.3 Å². The lowest BCUT2D eigenvalue weighted by Gasteiger charge is -2.44. The Morgan fingerprint density at radius 2 is 1.77 bits per heavy atom. The number of hydrogen-bond donors (Lipinski definition) is 2. The van der Waals surface area contributed by atoms with Gasteiger partial charge in [-0.15, -0.1) is 0 Å². The van der Waals surface area contributed by atoms with Crippen molar-refractivity contribution < 1.29 is 14.3 Å². The summed E-state index contributed by atoms with van der Waals surface area (Å²) in [6.07, 6.45) is 2.19. The van der Waals surface area contributed by atoms with E-state index in [2.05, 4.69) is 45.2 Å². The monoisotopic (exact) mass is 675 g/mol. The molecule has 39 heavy (non-hydrogen) atoms. The first-order valence-corrected chi connectivity index (χ1v) is 14.9. The fourth-order valence-electron chi connectivity index (χ4n) is 6.22. The molecule has 1 spiro atoms. The second kappa shape index (κ2) is 10.6. The molecule has 2 amide bonds. The predicted molar refractivity (Wildman–Crippen MR) is 162 cm³/mol. The van der Waals surface area contributed by atoms with Crippen molar-refractivity contribution in [1.82, 2.24) is 10.2 Å². The summed E-state index contributed by atoms with van der Waals surface area (Å²) in [6, 6.07) is 18.1. The van der Waals surface area contributed by atoms with Gasteiger partial charge in [-0.2, -0.15) is 0 Å². The van der Waals surface area contributed by atoms with Crippen LogP contribution in [0.15, 0.2) is 60.7 Å². The lowest BCUT2D eigenvalue weighted by atomic mass is 9.63. The number of amides is 2. The van der Waals surface area contributed by atoms with Crippen LogP contribution in [0.25, 0.3) is 0 Å². The van der Waals surface area contributed by atoms with Gasteiger partial charge in [0.25, 0.3) is 0 Å². The molecule has 6 nitrogen and oxygen atoms in total. The molecule has 0 unspecified atom stereocenters. The van der Waals surface area contributed by atoms with Crippen LogP contribution in [-0.4, -0.2) is 43.0 Å². The third kappa shape index (κ3) is 4.92. The maximum absolute atomic E-state index is 14.1. The average molecular weight is 676 g/mol. The molecule has 0 aromatic heterocycles. The molecule has 2 saturated heterocycles. The second-order valence-electron chi connectivity index (χ2n) is 10.7. The number of halogens is 3. The van der Waals surface area contributed by atoms with Crippen LogP contribution in [0.2, 0.25) is 10.0 Å². The molecule has 202 valence electrons. The average Bonchev–Trinajstić information content (AvgIpc) is 3.17. The van der Waals surface area contributed by atoms with E-state index in [9.17, 15) is 9.59 Å². The fourth-order valence-corrected chi connectivity index (χ4v) is 7.11. The van der Waals surface area contributed by atoms with E-state index in [4.69, 9.17) is 27.9 Å². The van der Waals surface area contributed by atoms with Gasteiger partial charge in [0.2, 0.25) is 11.8 Å². The second-order valence-corrected chi connectivity index (χ2v) is 12.8. The number of piperidine rings is 2. The van der Waals surface area contributed by atoms with Crippen molar-refractivity contribution in [1.29, 1.82) is 0 Å². The predicted octanol–water partition coefficient (Wildman–Crippen LogP) is 6.31. The molecule has 3 heterocycles. The van der Waals surface area contributed by atoms with Gasteiger partial charge in [-0.05, 0) is 102 Å². The van der Waals surface area contributed by atoms with Crippen LogP contribution < -0.4 is 15.4 Å². The van der Waals surface area contributed by atoms with Crippen LogP contribution in [-0.2, 0) is 15.0 Å². The maximum atomic E-state index is 14.1. The summed E-state index contributed by atoms with van der Waals surface area (Å²) in [4.78, 5) is 30.2. The van der Waals surface area contributed by atoms with Crippen molar-refractivity contribution in [2.75, 3.05) is 25.5 Å². The number of anilines is 1. The highest BCUT2D eigenvalue weighted by Crippen LogP contribution is 2.55. The Morgan fingerprint density at radius 3 is 2.54 bits per heavy atom. The number of hydrogen-bond acceptors (Lipinski definition) is 4. The largest absolute Gasteiger partial charge is 0.490 e. The Kier molecular flexibility index (Phi) is 7.29. The summed E-state index contributed by atoms with van der Waals surface area (Å²) >= 11 is 14.9. The highest BCUT2D eigenvalue weighted by molar-refractivity contribution is 14.1. The Morgan fingerprint density at radius 1 is 1.00 bits per heavy atom. The molecule has 3 aliphatic heterocycles. The van der Waals surface area contributed by atoms with E-state index in [1.165, 1.54) is 0 Å². The molecule has 2 N–H and O–H groups in total. The van der Waals surface area contributed by atoms with Crippen molar-refractivity contribution in [3.05, 3.63) is 91.0 Å². The molecule has 0 saturated carbocycles. The Balaban J connectivity index is 1.48. The summed E-state index contributed by atoms with van der Waals surface area (Å²) in [5.41, 5.74) is 1.99. The first-order valence-electron chi connectivity index (χ1n) is 13.1. The van der Waals surface area contributed by atoms with Crippen LogP contribution >= 0.6 is 45.8 Å². The first kappa shape index (κ1) is 26.9. The zero-order valence-electron chi connectivity index (χ0n) is 21.3. The number of rotatable bonds is 4. The molecular weight excluding hydrogens is 648 g/mol. The van der Waals surface area contributed by atoms with Crippen molar-refractivity contribution in [3.63, 3.8) is 0 Å². The molecule has 3 aliphatic rings. The molecule has 6 rings (SSSR count). The summed E-state index contributed by atoms with van der Waals surface area (Å²) in [5, 5.41) is 7.42. The molecule has 0 bridgehead atoms. The normalized spacial score (nSPS) is 25.3. The van der Waals surface area contributed by atoms with E-state index in [0.717, 1.165) is 46.2 Å². The minimum atomic E-state index is -1.07. The number of carbonyl (C=O) groups excluding carboxylic acids is 2. The molecule has 2 fully saturated rings. The lowest BCUT2D eigenvalue weighted by Crippen LogP contribution is -2.55. The SMILES string of the molecule is CN1CCC(Oc2ccc(I)cc2[C@H]2NC(=O)[C@@H](c3cccc(Cl)c3)C[C@]23C(=O)Nc2cc(Cl)ccc23)CC1. The summed E-state index contributed by atoms with van der Waals surface area (Å²) < 4.78 is 7.59. The highest BCUT2D eigenvalue weighted by atomic mass is 127. The number of nitrogens with zero attached hydrogens (tertiary/aromatic N) is 1. The maximum Gasteiger partial charge on any atom is 0.237 e. The fraction of sp³-hybridized carbons (Fsp3) is 0.333. The molecule has 9 heteroatoms. The van der Waals surface area contributed by atoms with Gasteiger partial charge in [0.15, 0.2) is 0 Å². The van der Waals surface area contributed by atoms with Crippen LogP contribution in [0.4, 0.5) is 5.69 Å². The van der Waals surface area contributed by atoms with Gasteiger partial charge in [-0.25, -0.2) is 0 Å². The minimum Gasteiger partial charge on any atom is -0.490 e. The molecule has 3 aromatic rings. The van der Waals surface area contributed by atoms with Crippen LogP contribution in [0.1, 0.15) is 47.9 Å². The zero-order valence-corrected chi connectivity index (χ0v) is 25.0. The standard InChI is InChI=1S/C30H28Cl2IN3O3/c1-36-11-9-21(10-12-36)39-26-8-6-20(33)15-22(26)27-30(24-7-5-19(32)14-25(24)34-29(30)38)16-23(28(37)35-27)17-3-2-4-18(31)13-17/h2-8,13-15,21,23,27H,9-12,16H2,1H3,(H,34,38)(H,35,37)/t23-,27-,30-/m1/s1. The number of likely N-dealkylation sites (tertiary alicyclic amines) is 1. The lowest BCUT2D eigenvalue weighted by molar-refractivity contribution is -0.131. The van der Waals surface area contributed by atoms with Gasteiger partial charge in [0.1, 0.15) is 17.3 Å². The van der Waals surface area contributed by atoms with E-state index in [0.29, 0.717) is 21.5 Å². The van der Waals surface area contributed by atoms with E-state index >= 15 is 0 Å². The van der Waals surface area contributed by atoms with Gasteiger partial charge in [-0.3, -0.25) is 9.59 Å². The molecule has 0 aliphatic carbocycles. The smallest absolute Gasteiger partial charge is 0.237 e. The molecule has 3 aromatic carbocycles. The van der Waals surface area contributed by atoms with Crippen molar-refractivity contribution in [2.24, 2.45) is 0 Å². The quantitative estimate of drug-likeness (QED) is 0.319. The Bertz CT molecular complexity index is 1460. The van der Waals surface area contributed by atoms with Gasteiger partial charge in [0, 0.05) is 38.0 Å². The van der Waals surface area contributed by atoms with Crippen molar-refractivity contribution in [2.45, 2.75) is 42.7 Å². The van der Waals surface area contributed by atoms with E-state index in [1.54, 1.807) is 24.3 Å². The Hall–Kier alpha value is -2.33. The summed E-state index contributed by atoms with van der Waals surface area (Å²) in [5.74, 6) is -0.174. The Labute approximate surface area is 251 Å². The highest BCUT2D eigenvalue weighted by Gasteiger charge is 2.58. The number of nitrogens with one attached hydrogen (secondary N) is 2. The molecule has 0 radical (unpaired) electrons. The number of fused-ring (bicyclic) bond motifs is 2. The minimum absolute atomic E-state index is 0.0676. The van der Waals surface area contributed by atoms with Crippen LogP contribution in [0.3, 0.4) is 0 Å². The summed E-state index contributed by atoms with van der Waals surface area (Å²) in [7, 11) is 2.12. The van der Waals surface area contributed by atoms with Crippen molar-refractivity contribution in [3.8, 4) is 5.75 Å². The zero-order chi connectivity index (χ0) is 27.3. The van der Waals surface area contributed by atoms with Crippen LogP contribution in [0, 0.1) is 3.57 Å². The third-order valence-corrected chi connectivity index (χ3v) is 9.37. The van der Waals surface area contributed by atoms with E-state index in [-0.39, 0.29) is 24.3 Å². The van der Waals surface area contributed by atoms with E-state index < -0.39 is 17.4 Å². The third-order valence-electron chi connectivity index (χ3n) is 8.23. The molecular formula is C30H28Cl2IN3O3. The summed E-state index contributed by atoms with van der Waals surface area (Å²) in [6.45, 7) is 1.93. The van der Waals surface area contributed by atoms with Crippen LogP contribution in [0.5, 0.6) is 5.75 Å². The topological polar surface area (TPSA) is 70.7 Å². The molecule has 3 atom stereocenters. The first-order chi connectivity index (χ1) is 18.7.